The third-order valence-electron chi connectivity index (χ3n) is 3.94. The minimum Gasteiger partial charge on any atom is -0.456 e. The summed E-state index contributed by atoms with van der Waals surface area (Å²) in [5, 5.41) is 2.39. The van der Waals surface area contributed by atoms with Crippen LogP contribution in [0.2, 0.25) is 0 Å². The largest absolute Gasteiger partial charge is 0.456 e. The minimum atomic E-state index is 0.948. The zero-order chi connectivity index (χ0) is 14.4. The van der Waals surface area contributed by atoms with Crippen molar-refractivity contribution in [3.63, 3.8) is 0 Å². The van der Waals surface area contributed by atoms with E-state index in [1.807, 2.05) is 18.2 Å². The fraction of sp³-hybridized carbons (Fsp3) is 0.100. The molecule has 4 aromatic rings. The first-order valence-corrected chi connectivity index (χ1v) is 7.21. The van der Waals surface area contributed by atoms with Crippen LogP contribution in [0.1, 0.15) is 11.1 Å². The van der Waals surface area contributed by atoms with E-state index in [4.69, 9.17) is 4.42 Å². The van der Waals surface area contributed by atoms with Crippen molar-refractivity contribution in [1.29, 1.82) is 0 Å². The van der Waals surface area contributed by atoms with Crippen LogP contribution in [-0.2, 0) is 0 Å². The highest BCUT2D eigenvalue weighted by atomic mass is 16.3. The standard InChI is InChI=1S/C20H16O/c1-13-10-14(2)12-15(11-13)16-7-5-9-19-20(16)17-6-3-4-8-18(17)21-19/h3-12H,1-2H3. The van der Waals surface area contributed by atoms with Crippen molar-refractivity contribution >= 4 is 21.9 Å². The van der Waals surface area contributed by atoms with E-state index < -0.39 is 0 Å². The number of benzene rings is 3. The van der Waals surface area contributed by atoms with Crippen molar-refractivity contribution in [2.45, 2.75) is 13.8 Å². The molecular formula is C20H16O. The summed E-state index contributed by atoms with van der Waals surface area (Å²) in [5.74, 6) is 0. The average molecular weight is 272 g/mol. The van der Waals surface area contributed by atoms with Crippen molar-refractivity contribution < 1.29 is 4.42 Å². The van der Waals surface area contributed by atoms with Crippen LogP contribution in [0.25, 0.3) is 33.1 Å². The first-order valence-electron chi connectivity index (χ1n) is 7.21. The molecule has 0 amide bonds. The summed E-state index contributed by atoms with van der Waals surface area (Å²) in [6.07, 6.45) is 0. The SMILES string of the molecule is Cc1cc(C)cc(-c2cccc3oc4ccccc4c23)c1. The zero-order valence-corrected chi connectivity index (χ0v) is 12.2. The van der Waals surface area contributed by atoms with E-state index in [0.717, 1.165) is 11.2 Å². The van der Waals surface area contributed by atoms with Crippen molar-refractivity contribution in [3.05, 3.63) is 71.8 Å². The van der Waals surface area contributed by atoms with Gasteiger partial charge in [0.05, 0.1) is 0 Å². The molecule has 0 bridgehead atoms. The lowest BCUT2D eigenvalue weighted by Gasteiger charge is -2.07. The van der Waals surface area contributed by atoms with Crippen LogP contribution in [0.4, 0.5) is 0 Å². The van der Waals surface area contributed by atoms with E-state index in [9.17, 15) is 0 Å². The maximum absolute atomic E-state index is 5.98. The van der Waals surface area contributed by atoms with Gasteiger partial charge < -0.3 is 4.42 Å². The molecule has 1 nitrogen and oxygen atoms in total. The van der Waals surface area contributed by atoms with Crippen LogP contribution < -0.4 is 0 Å². The molecule has 1 heteroatoms. The molecule has 0 aliphatic rings. The molecule has 0 unspecified atom stereocenters. The van der Waals surface area contributed by atoms with Gasteiger partial charge in [0.25, 0.3) is 0 Å². The van der Waals surface area contributed by atoms with Gasteiger partial charge in [0.2, 0.25) is 0 Å². The minimum absolute atomic E-state index is 0.948. The summed E-state index contributed by atoms with van der Waals surface area (Å²) in [4.78, 5) is 0. The Bertz CT molecular complexity index is 940. The molecule has 0 fully saturated rings. The summed E-state index contributed by atoms with van der Waals surface area (Å²) in [6.45, 7) is 4.29. The Balaban J connectivity index is 2.13. The van der Waals surface area contributed by atoms with E-state index in [0.29, 0.717) is 0 Å². The summed E-state index contributed by atoms with van der Waals surface area (Å²) in [5.41, 5.74) is 6.97. The number of hydrogen-bond acceptors (Lipinski definition) is 1. The highest BCUT2D eigenvalue weighted by molar-refractivity contribution is 6.12. The second-order valence-corrected chi connectivity index (χ2v) is 5.65. The van der Waals surface area contributed by atoms with Crippen LogP contribution in [0.5, 0.6) is 0 Å². The average Bonchev–Trinajstić information content (AvgIpc) is 2.84. The highest BCUT2D eigenvalue weighted by Gasteiger charge is 2.12. The molecule has 1 heterocycles. The maximum atomic E-state index is 5.98. The molecule has 0 spiro atoms. The number of hydrogen-bond donors (Lipinski definition) is 0. The fourth-order valence-electron chi connectivity index (χ4n) is 3.15. The predicted octanol–water partition coefficient (Wildman–Crippen LogP) is 5.87. The maximum Gasteiger partial charge on any atom is 0.136 e. The van der Waals surface area contributed by atoms with E-state index in [-0.39, 0.29) is 0 Å². The monoisotopic (exact) mass is 272 g/mol. The second kappa shape index (κ2) is 4.49. The normalized spacial score (nSPS) is 11.3. The van der Waals surface area contributed by atoms with E-state index >= 15 is 0 Å². The van der Waals surface area contributed by atoms with Gasteiger partial charge in [-0.15, -0.1) is 0 Å². The summed E-state index contributed by atoms with van der Waals surface area (Å²) in [6, 6.07) is 21.2. The third kappa shape index (κ3) is 1.93. The zero-order valence-electron chi connectivity index (χ0n) is 12.2. The Morgan fingerprint density at radius 1 is 0.714 bits per heavy atom. The van der Waals surface area contributed by atoms with E-state index in [1.54, 1.807) is 0 Å². The number of para-hydroxylation sites is 1. The second-order valence-electron chi connectivity index (χ2n) is 5.65. The van der Waals surface area contributed by atoms with Crippen molar-refractivity contribution in [3.8, 4) is 11.1 Å². The van der Waals surface area contributed by atoms with Gasteiger partial charge in [-0.05, 0) is 37.1 Å². The van der Waals surface area contributed by atoms with Crippen LogP contribution in [0, 0.1) is 13.8 Å². The molecule has 0 N–H and O–H groups in total. The van der Waals surface area contributed by atoms with Gasteiger partial charge >= 0.3 is 0 Å². The predicted molar refractivity (Wildman–Crippen MR) is 88.6 cm³/mol. The molecule has 0 atom stereocenters. The Morgan fingerprint density at radius 3 is 2.24 bits per heavy atom. The van der Waals surface area contributed by atoms with Gasteiger partial charge in [-0.25, -0.2) is 0 Å². The first-order chi connectivity index (χ1) is 10.2. The van der Waals surface area contributed by atoms with Gasteiger partial charge in [-0.3, -0.25) is 0 Å². The number of rotatable bonds is 1. The molecule has 0 saturated heterocycles. The van der Waals surface area contributed by atoms with Crippen LogP contribution >= 0.6 is 0 Å². The molecule has 3 aromatic carbocycles. The molecule has 0 radical (unpaired) electrons. The van der Waals surface area contributed by atoms with E-state index in [1.165, 1.54) is 33.0 Å². The Kier molecular flexibility index (Phi) is 2.61. The third-order valence-corrected chi connectivity index (χ3v) is 3.94. The van der Waals surface area contributed by atoms with Crippen LogP contribution in [0.15, 0.2) is 65.1 Å². The van der Waals surface area contributed by atoms with Gasteiger partial charge in [0.15, 0.2) is 0 Å². The van der Waals surface area contributed by atoms with Crippen LogP contribution in [-0.4, -0.2) is 0 Å². The molecule has 4 rings (SSSR count). The van der Waals surface area contributed by atoms with Gasteiger partial charge in [-0.1, -0.05) is 59.7 Å². The topological polar surface area (TPSA) is 13.1 Å². The van der Waals surface area contributed by atoms with E-state index in [2.05, 4.69) is 56.3 Å². The molecule has 0 aliphatic carbocycles. The molecule has 21 heavy (non-hydrogen) atoms. The number of furan rings is 1. The van der Waals surface area contributed by atoms with Crippen LogP contribution in [0.3, 0.4) is 0 Å². The van der Waals surface area contributed by atoms with Crippen molar-refractivity contribution in [1.82, 2.24) is 0 Å². The highest BCUT2D eigenvalue weighted by Crippen LogP contribution is 2.36. The van der Waals surface area contributed by atoms with Gasteiger partial charge in [-0.2, -0.15) is 0 Å². The number of aryl methyl sites for hydroxylation is 2. The lowest BCUT2D eigenvalue weighted by atomic mass is 9.96. The number of fused-ring (bicyclic) bond motifs is 3. The van der Waals surface area contributed by atoms with Crippen molar-refractivity contribution in [2.75, 3.05) is 0 Å². The fourth-order valence-corrected chi connectivity index (χ4v) is 3.15. The molecule has 0 aliphatic heterocycles. The summed E-state index contributed by atoms with van der Waals surface area (Å²) < 4.78 is 5.98. The van der Waals surface area contributed by atoms with Gasteiger partial charge in [0, 0.05) is 10.8 Å². The lowest BCUT2D eigenvalue weighted by molar-refractivity contribution is 0.669. The summed E-state index contributed by atoms with van der Waals surface area (Å²) in [7, 11) is 0. The molecule has 0 saturated carbocycles. The smallest absolute Gasteiger partial charge is 0.136 e. The molecule has 1 aromatic heterocycles. The molecular weight excluding hydrogens is 256 g/mol. The van der Waals surface area contributed by atoms with Gasteiger partial charge in [0.1, 0.15) is 11.2 Å². The Hall–Kier alpha value is -2.54. The molecule has 102 valence electrons. The quantitative estimate of drug-likeness (QED) is 0.422. The Labute approximate surface area is 123 Å². The Morgan fingerprint density at radius 2 is 1.43 bits per heavy atom. The summed E-state index contributed by atoms with van der Waals surface area (Å²) >= 11 is 0. The first kappa shape index (κ1) is 12.2. The lowest BCUT2D eigenvalue weighted by Crippen LogP contribution is -1.83. The van der Waals surface area contributed by atoms with Crippen molar-refractivity contribution in [2.24, 2.45) is 0 Å².